The summed E-state index contributed by atoms with van der Waals surface area (Å²) in [5.41, 5.74) is 5.40. The van der Waals surface area contributed by atoms with Crippen LogP contribution >= 0.6 is 0 Å². The Morgan fingerprint density at radius 1 is 1.80 bits per heavy atom. The van der Waals surface area contributed by atoms with Crippen molar-refractivity contribution < 1.29 is 0 Å². The van der Waals surface area contributed by atoms with Gasteiger partial charge in [-0.15, -0.1) is 5.10 Å². The number of tetrazole rings is 1. The van der Waals surface area contributed by atoms with E-state index in [2.05, 4.69) is 20.5 Å². The molecule has 0 unspecified atom stereocenters. The summed E-state index contributed by atoms with van der Waals surface area (Å²) in [6.45, 7) is 0.448. The highest BCUT2D eigenvalue weighted by atomic mass is 15.5. The van der Waals surface area contributed by atoms with Crippen LogP contribution in [0.2, 0.25) is 0 Å². The van der Waals surface area contributed by atoms with E-state index in [-0.39, 0.29) is 0 Å². The van der Waals surface area contributed by atoms with Crippen molar-refractivity contribution in [2.24, 2.45) is 10.7 Å². The molecule has 0 saturated carbocycles. The average Bonchev–Trinajstić information content (AvgIpc) is 2.40. The molecule has 1 aromatic rings. The van der Waals surface area contributed by atoms with Crippen molar-refractivity contribution in [2.45, 2.75) is 6.54 Å². The Morgan fingerprint density at radius 2 is 2.60 bits per heavy atom. The van der Waals surface area contributed by atoms with Crippen LogP contribution in [0.1, 0.15) is 0 Å². The number of rotatable bonds is 2. The molecule has 0 atom stereocenters. The first-order valence-corrected chi connectivity index (χ1v) is 2.75. The van der Waals surface area contributed by atoms with E-state index in [4.69, 9.17) is 5.73 Å². The normalized spacial score (nSPS) is 11.9. The highest BCUT2D eigenvalue weighted by Crippen LogP contribution is 1.76. The van der Waals surface area contributed by atoms with Gasteiger partial charge in [-0.1, -0.05) is 0 Å². The molecule has 0 bridgehead atoms. The molecule has 1 aromatic heterocycles. The van der Waals surface area contributed by atoms with Gasteiger partial charge in [-0.2, -0.15) is 0 Å². The van der Waals surface area contributed by atoms with Crippen molar-refractivity contribution in [3.63, 3.8) is 0 Å². The first-order valence-electron chi connectivity index (χ1n) is 2.75. The molecular weight excluding hydrogens is 132 g/mol. The number of hydrogen-bond donors (Lipinski definition) is 1. The molecule has 6 heteroatoms. The third-order valence-corrected chi connectivity index (χ3v) is 1.00. The van der Waals surface area contributed by atoms with Gasteiger partial charge >= 0.3 is 0 Å². The predicted molar refractivity (Wildman–Crippen MR) is 35.4 cm³/mol. The molecule has 6 nitrogen and oxygen atoms in total. The van der Waals surface area contributed by atoms with Gasteiger partial charge in [-0.25, -0.2) is 4.68 Å². The van der Waals surface area contributed by atoms with E-state index in [1.807, 2.05) is 0 Å². The van der Waals surface area contributed by atoms with Crippen molar-refractivity contribution in [2.75, 3.05) is 7.05 Å². The standard InChI is InChI=1S/C4H8N6/c1-6-4(5)2-10-3-7-8-9-10/h3H,2H2,1H3,(H2,5,6). The molecule has 0 radical (unpaired) electrons. The SMILES string of the molecule is CN=C(N)Cn1cnnn1. The number of amidine groups is 1. The second-order valence-electron chi connectivity index (χ2n) is 1.72. The lowest BCUT2D eigenvalue weighted by Gasteiger charge is -1.95. The molecule has 0 aliphatic rings. The van der Waals surface area contributed by atoms with Gasteiger partial charge in [-0.3, -0.25) is 4.99 Å². The minimum atomic E-state index is 0.448. The molecular formula is C4H8N6. The van der Waals surface area contributed by atoms with Crippen molar-refractivity contribution in [1.82, 2.24) is 20.2 Å². The van der Waals surface area contributed by atoms with Crippen LogP contribution in [0.4, 0.5) is 0 Å². The zero-order chi connectivity index (χ0) is 7.40. The molecule has 10 heavy (non-hydrogen) atoms. The van der Waals surface area contributed by atoms with E-state index in [9.17, 15) is 0 Å². The van der Waals surface area contributed by atoms with Gasteiger partial charge in [0.1, 0.15) is 18.7 Å². The van der Waals surface area contributed by atoms with E-state index >= 15 is 0 Å². The highest BCUT2D eigenvalue weighted by molar-refractivity contribution is 5.79. The van der Waals surface area contributed by atoms with Crippen LogP contribution < -0.4 is 5.73 Å². The molecule has 1 rings (SSSR count). The second-order valence-corrected chi connectivity index (χ2v) is 1.72. The van der Waals surface area contributed by atoms with Gasteiger partial charge < -0.3 is 5.73 Å². The van der Waals surface area contributed by atoms with E-state index < -0.39 is 0 Å². The Morgan fingerprint density at radius 3 is 3.10 bits per heavy atom. The molecule has 0 saturated heterocycles. The molecule has 0 fully saturated rings. The molecule has 0 aromatic carbocycles. The Balaban J connectivity index is 2.56. The van der Waals surface area contributed by atoms with E-state index in [0.717, 1.165) is 0 Å². The summed E-state index contributed by atoms with van der Waals surface area (Å²) in [6.07, 6.45) is 1.48. The van der Waals surface area contributed by atoms with Gasteiger partial charge in [-0.05, 0) is 10.4 Å². The summed E-state index contributed by atoms with van der Waals surface area (Å²) in [5, 5.41) is 10.5. The zero-order valence-corrected chi connectivity index (χ0v) is 5.60. The molecule has 0 aliphatic heterocycles. The summed E-state index contributed by atoms with van der Waals surface area (Å²) < 4.78 is 1.50. The van der Waals surface area contributed by atoms with Gasteiger partial charge in [0, 0.05) is 7.05 Å². The first-order chi connectivity index (χ1) is 4.83. The average molecular weight is 140 g/mol. The Bertz CT molecular complexity index is 212. The number of aromatic nitrogens is 4. The van der Waals surface area contributed by atoms with E-state index in [1.54, 1.807) is 7.05 Å². The van der Waals surface area contributed by atoms with Gasteiger partial charge in [0.05, 0.1) is 0 Å². The molecule has 0 aliphatic carbocycles. The largest absolute Gasteiger partial charge is 0.386 e. The van der Waals surface area contributed by atoms with Crippen LogP contribution in [0, 0.1) is 0 Å². The fourth-order valence-corrected chi connectivity index (χ4v) is 0.489. The summed E-state index contributed by atoms with van der Waals surface area (Å²) in [6, 6.07) is 0. The van der Waals surface area contributed by atoms with Gasteiger partial charge in [0.2, 0.25) is 0 Å². The third kappa shape index (κ3) is 1.51. The monoisotopic (exact) mass is 140 g/mol. The molecule has 1 heterocycles. The fraction of sp³-hybridized carbons (Fsp3) is 0.500. The first kappa shape index (κ1) is 6.66. The van der Waals surface area contributed by atoms with Crippen LogP contribution in [0.15, 0.2) is 11.3 Å². The Kier molecular flexibility index (Phi) is 1.93. The van der Waals surface area contributed by atoms with E-state index in [0.29, 0.717) is 12.4 Å². The molecule has 0 amide bonds. The number of nitrogens with two attached hydrogens (primary N) is 1. The zero-order valence-electron chi connectivity index (χ0n) is 5.60. The predicted octanol–water partition coefficient (Wildman–Crippen LogP) is -1.34. The summed E-state index contributed by atoms with van der Waals surface area (Å²) in [4.78, 5) is 3.74. The van der Waals surface area contributed by atoms with Gasteiger partial charge in [0.25, 0.3) is 0 Å². The van der Waals surface area contributed by atoms with Crippen molar-refractivity contribution in [3.05, 3.63) is 6.33 Å². The number of hydrogen-bond acceptors (Lipinski definition) is 4. The lowest BCUT2D eigenvalue weighted by atomic mass is 10.6. The number of nitrogens with zero attached hydrogens (tertiary/aromatic N) is 5. The topological polar surface area (TPSA) is 82.0 Å². The lowest BCUT2D eigenvalue weighted by molar-refractivity contribution is 0.674. The quantitative estimate of drug-likeness (QED) is 0.407. The highest BCUT2D eigenvalue weighted by Gasteiger charge is 1.93. The van der Waals surface area contributed by atoms with Crippen molar-refractivity contribution in [3.8, 4) is 0 Å². The minimum Gasteiger partial charge on any atom is -0.386 e. The second kappa shape index (κ2) is 2.90. The maximum absolute atomic E-state index is 5.40. The van der Waals surface area contributed by atoms with Crippen LogP contribution in [0.3, 0.4) is 0 Å². The fourth-order valence-electron chi connectivity index (χ4n) is 0.489. The van der Waals surface area contributed by atoms with Crippen molar-refractivity contribution >= 4 is 5.84 Å². The van der Waals surface area contributed by atoms with Crippen LogP contribution in [0.5, 0.6) is 0 Å². The number of aliphatic imine (C=N–C) groups is 1. The van der Waals surface area contributed by atoms with Crippen LogP contribution in [-0.2, 0) is 6.54 Å². The smallest absolute Gasteiger partial charge is 0.138 e. The molecule has 0 spiro atoms. The summed E-state index contributed by atoms with van der Waals surface area (Å²) >= 11 is 0. The lowest BCUT2D eigenvalue weighted by Crippen LogP contribution is -2.19. The van der Waals surface area contributed by atoms with E-state index in [1.165, 1.54) is 11.0 Å². The Hall–Kier alpha value is -1.46. The third-order valence-electron chi connectivity index (χ3n) is 1.00. The molecule has 54 valence electrons. The van der Waals surface area contributed by atoms with Crippen molar-refractivity contribution in [1.29, 1.82) is 0 Å². The summed E-state index contributed by atoms with van der Waals surface area (Å²) in [7, 11) is 1.62. The maximum atomic E-state index is 5.40. The minimum absolute atomic E-state index is 0.448. The Labute approximate surface area is 57.7 Å². The summed E-state index contributed by atoms with van der Waals surface area (Å²) in [5.74, 6) is 0.507. The van der Waals surface area contributed by atoms with Gasteiger partial charge in [0.15, 0.2) is 0 Å². The maximum Gasteiger partial charge on any atom is 0.138 e. The van der Waals surface area contributed by atoms with Crippen LogP contribution in [0.25, 0.3) is 0 Å². The van der Waals surface area contributed by atoms with Crippen LogP contribution in [-0.4, -0.2) is 33.1 Å². The molecule has 2 N–H and O–H groups in total.